The molecule has 0 amide bonds. The van der Waals surface area contributed by atoms with Crippen molar-refractivity contribution < 1.29 is 21.3 Å². The predicted octanol–water partition coefficient (Wildman–Crippen LogP) is 1.97. The molecule has 0 bridgehead atoms. The maximum atomic E-state index is 10.1. The zero-order valence-electron chi connectivity index (χ0n) is 9.07. The first-order valence-electron chi connectivity index (χ1n) is 5.03. The van der Waals surface area contributed by atoms with Crippen LogP contribution in [-0.2, 0) is 14.0 Å². The third-order valence-corrected chi connectivity index (χ3v) is 3.27. The van der Waals surface area contributed by atoms with Crippen LogP contribution >= 0.6 is 12.0 Å². The molecular weight excluding hydrogens is 264 g/mol. The fourth-order valence-corrected chi connectivity index (χ4v) is 2.13. The normalized spacial score (nSPS) is 11.4. The summed E-state index contributed by atoms with van der Waals surface area (Å²) in [6.07, 6.45) is 1.48. The highest BCUT2D eigenvalue weighted by Crippen LogP contribution is 2.11. The molecule has 17 heavy (non-hydrogen) atoms. The minimum atomic E-state index is -4.58. The van der Waals surface area contributed by atoms with E-state index in [1.165, 1.54) is 0 Å². The molecule has 0 aromatic heterocycles. The molecule has 0 aliphatic carbocycles. The Kier molecular flexibility index (Phi) is 6.35. The summed E-state index contributed by atoms with van der Waals surface area (Å²) in [6.45, 7) is 0.550. The van der Waals surface area contributed by atoms with Gasteiger partial charge < -0.3 is 9.29 Å². The maximum absolute atomic E-state index is 10.1. The molecule has 0 fully saturated rings. The number of hydrogen-bond acceptors (Lipinski definition) is 6. The zero-order chi connectivity index (χ0) is 12.6. The van der Waals surface area contributed by atoms with Crippen LogP contribution in [0.25, 0.3) is 0 Å². The van der Waals surface area contributed by atoms with Gasteiger partial charge >= 0.3 is 0 Å². The quantitative estimate of drug-likeness (QED) is 0.313. The first-order chi connectivity index (χ1) is 8.08. The highest BCUT2D eigenvalue weighted by Gasteiger charge is 1.97. The lowest BCUT2D eigenvalue weighted by Crippen LogP contribution is -2.00. The van der Waals surface area contributed by atoms with E-state index in [1.807, 2.05) is 30.3 Å². The molecule has 0 aliphatic rings. The number of unbranched alkanes of at least 4 members (excludes halogenated alkanes) is 1. The Balaban J connectivity index is 1.99. The number of hydrogen-bond donors (Lipinski definition) is 0. The summed E-state index contributed by atoms with van der Waals surface area (Å²) in [5.41, 5.74) is 0. The molecule has 0 unspecified atom stereocenters. The SMILES string of the molecule is O=S(=O)([O-])OSCCCCOc1ccccc1. The van der Waals surface area contributed by atoms with E-state index >= 15 is 0 Å². The largest absolute Gasteiger partial charge is 0.725 e. The second-order valence-electron chi connectivity index (χ2n) is 3.17. The van der Waals surface area contributed by atoms with E-state index in [4.69, 9.17) is 4.74 Å². The molecule has 0 spiro atoms. The Labute approximate surface area is 105 Å². The molecule has 1 rings (SSSR count). The molecule has 0 heterocycles. The number of benzene rings is 1. The van der Waals surface area contributed by atoms with Gasteiger partial charge in [0.2, 0.25) is 10.4 Å². The number of rotatable bonds is 8. The van der Waals surface area contributed by atoms with Gasteiger partial charge in [-0.2, -0.15) is 0 Å². The van der Waals surface area contributed by atoms with Crippen LogP contribution in [0.4, 0.5) is 0 Å². The molecule has 0 radical (unpaired) electrons. The van der Waals surface area contributed by atoms with Gasteiger partial charge in [0.05, 0.1) is 6.61 Å². The summed E-state index contributed by atoms with van der Waals surface area (Å²) in [5, 5.41) is 0. The topological polar surface area (TPSA) is 75.7 Å². The second-order valence-corrected chi connectivity index (χ2v) is 5.17. The Bertz CT molecular complexity index is 404. The van der Waals surface area contributed by atoms with E-state index in [0.29, 0.717) is 30.8 Å². The van der Waals surface area contributed by atoms with Gasteiger partial charge in [-0.15, -0.1) is 0 Å². The van der Waals surface area contributed by atoms with Crippen molar-refractivity contribution in [2.24, 2.45) is 0 Å². The highest BCUT2D eigenvalue weighted by atomic mass is 32.3. The van der Waals surface area contributed by atoms with Crippen molar-refractivity contribution in [1.29, 1.82) is 0 Å². The fourth-order valence-electron chi connectivity index (χ4n) is 1.06. The van der Waals surface area contributed by atoms with Crippen molar-refractivity contribution in [2.45, 2.75) is 12.8 Å². The average Bonchev–Trinajstić information content (AvgIpc) is 2.28. The standard InChI is InChI=1S/C10H14O5S2/c11-17(12,13)15-16-9-5-4-8-14-10-6-2-1-3-7-10/h1-3,6-7H,4-5,8-9H2,(H,11,12,13)/p-1. The summed E-state index contributed by atoms with van der Waals surface area (Å²) in [6, 6.07) is 9.41. The van der Waals surface area contributed by atoms with Gasteiger partial charge in [0.15, 0.2) is 0 Å². The molecular formula is C10H13O5S2-. The van der Waals surface area contributed by atoms with Crippen LogP contribution in [0.2, 0.25) is 0 Å². The van der Waals surface area contributed by atoms with E-state index in [2.05, 4.69) is 3.63 Å². The molecule has 1 aromatic rings. The van der Waals surface area contributed by atoms with Gasteiger partial charge in [-0.25, -0.2) is 12.0 Å². The minimum Gasteiger partial charge on any atom is -0.725 e. The molecule has 0 saturated heterocycles. The van der Waals surface area contributed by atoms with Gasteiger partial charge in [0, 0.05) is 17.8 Å². The van der Waals surface area contributed by atoms with E-state index < -0.39 is 10.4 Å². The van der Waals surface area contributed by atoms with Crippen molar-refractivity contribution in [3.05, 3.63) is 30.3 Å². The predicted molar refractivity (Wildman–Crippen MR) is 64.4 cm³/mol. The van der Waals surface area contributed by atoms with Gasteiger partial charge in [-0.1, -0.05) is 18.2 Å². The third kappa shape index (κ3) is 8.03. The summed E-state index contributed by atoms with van der Waals surface area (Å²) >= 11 is 0.650. The van der Waals surface area contributed by atoms with Gasteiger partial charge in [-0.3, -0.25) is 0 Å². The van der Waals surface area contributed by atoms with Crippen molar-refractivity contribution in [3.63, 3.8) is 0 Å². The molecule has 0 atom stereocenters. The van der Waals surface area contributed by atoms with Crippen molar-refractivity contribution in [2.75, 3.05) is 12.4 Å². The lowest BCUT2D eigenvalue weighted by molar-refractivity contribution is 0.309. The van der Waals surface area contributed by atoms with Crippen LogP contribution < -0.4 is 4.74 Å². The minimum absolute atomic E-state index is 0.444. The van der Waals surface area contributed by atoms with Crippen LogP contribution in [-0.4, -0.2) is 25.3 Å². The van der Waals surface area contributed by atoms with Crippen LogP contribution in [0.15, 0.2) is 30.3 Å². The molecule has 0 N–H and O–H groups in total. The van der Waals surface area contributed by atoms with Gasteiger partial charge in [0.1, 0.15) is 5.75 Å². The van der Waals surface area contributed by atoms with Crippen molar-refractivity contribution >= 4 is 22.4 Å². The molecule has 0 aliphatic heterocycles. The van der Waals surface area contributed by atoms with Crippen LogP contribution in [0.5, 0.6) is 5.75 Å². The fraction of sp³-hybridized carbons (Fsp3) is 0.400. The van der Waals surface area contributed by atoms with Crippen molar-refractivity contribution in [1.82, 2.24) is 0 Å². The first kappa shape index (κ1) is 14.3. The molecule has 1 aromatic carbocycles. The molecule has 96 valence electrons. The number of para-hydroxylation sites is 1. The Morgan fingerprint density at radius 1 is 1.18 bits per heavy atom. The first-order valence-corrected chi connectivity index (χ1v) is 7.27. The van der Waals surface area contributed by atoms with E-state index in [9.17, 15) is 13.0 Å². The molecule has 7 heteroatoms. The van der Waals surface area contributed by atoms with E-state index in [1.54, 1.807) is 0 Å². The summed E-state index contributed by atoms with van der Waals surface area (Å²) in [4.78, 5) is 0. The summed E-state index contributed by atoms with van der Waals surface area (Å²) < 4.78 is 39.7. The van der Waals surface area contributed by atoms with Crippen LogP contribution in [0.1, 0.15) is 12.8 Å². The zero-order valence-corrected chi connectivity index (χ0v) is 10.7. The second kappa shape index (κ2) is 7.54. The van der Waals surface area contributed by atoms with Gasteiger partial charge in [0.25, 0.3) is 0 Å². The Morgan fingerprint density at radius 3 is 2.53 bits per heavy atom. The smallest absolute Gasteiger partial charge is 0.228 e. The summed E-state index contributed by atoms with van der Waals surface area (Å²) in [5.74, 6) is 1.25. The lowest BCUT2D eigenvalue weighted by Gasteiger charge is -2.06. The monoisotopic (exact) mass is 277 g/mol. The third-order valence-electron chi connectivity index (χ3n) is 1.77. The molecule has 0 saturated carbocycles. The Morgan fingerprint density at radius 2 is 1.88 bits per heavy atom. The average molecular weight is 277 g/mol. The highest BCUT2D eigenvalue weighted by molar-refractivity contribution is 8.02. The molecule has 5 nitrogen and oxygen atoms in total. The van der Waals surface area contributed by atoms with E-state index in [-0.39, 0.29) is 0 Å². The summed E-state index contributed by atoms with van der Waals surface area (Å²) in [7, 11) is -4.58. The van der Waals surface area contributed by atoms with Crippen LogP contribution in [0, 0.1) is 0 Å². The van der Waals surface area contributed by atoms with Crippen LogP contribution in [0.3, 0.4) is 0 Å². The van der Waals surface area contributed by atoms with Crippen molar-refractivity contribution in [3.8, 4) is 5.75 Å². The maximum Gasteiger partial charge on any atom is 0.228 e. The Hall–Kier alpha value is -0.760. The lowest BCUT2D eigenvalue weighted by atomic mass is 10.3. The van der Waals surface area contributed by atoms with E-state index in [0.717, 1.165) is 12.2 Å². The van der Waals surface area contributed by atoms with Gasteiger partial charge in [-0.05, 0) is 25.0 Å². The number of ether oxygens (including phenoxy) is 1.